The second-order valence-electron chi connectivity index (χ2n) is 11.8. The summed E-state index contributed by atoms with van der Waals surface area (Å²) in [4.78, 5) is 43.3. The lowest BCUT2D eigenvalue weighted by Crippen LogP contribution is -2.48. The lowest BCUT2D eigenvalue weighted by atomic mass is 9.99. The topological polar surface area (TPSA) is 99.2 Å². The molecule has 11 heteroatoms. The van der Waals surface area contributed by atoms with Crippen molar-refractivity contribution in [3.05, 3.63) is 119 Å². The number of aromatic amines is 1. The summed E-state index contributed by atoms with van der Waals surface area (Å²) in [6, 6.07) is 26.8. The minimum absolute atomic E-state index is 0.0511. The summed E-state index contributed by atoms with van der Waals surface area (Å²) in [6.07, 6.45) is 3.54. The molecule has 48 heavy (non-hydrogen) atoms. The largest absolute Gasteiger partial charge is 0.351 e. The Labute approximate surface area is 288 Å². The molecule has 1 fully saturated rings. The predicted octanol–water partition coefficient (Wildman–Crippen LogP) is 7.93. The van der Waals surface area contributed by atoms with Crippen molar-refractivity contribution in [2.45, 2.75) is 19.9 Å². The SMILES string of the molecule is CC(=O)N1CCN(c2ncccc2NC(=O)c2[nH]c3cc(Cl)ccc3c2-c2c(-c3ccccc3)ncn2C(C)c2ccc(Cl)cc2)CC1. The van der Waals surface area contributed by atoms with Crippen molar-refractivity contribution in [3.63, 3.8) is 0 Å². The Hall–Kier alpha value is -5.12. The van der Waals surface area contributed by atoms with E-state index in [-0.39, 0.29) is 17.9 Å². The van der Waals surface area contributed by atoms with Crippen LogP contribution < -0.4 is 10.2 Å². The van der Waals surface area contributed by atoms with E-state index in [1.807, 2.05) is 90.1 Å². The number of pyridine rings is 1. The maximum absolute atomic E-state index is 14.5. The minimum Gasteiger partial charge on any atom is -0.351 e. The van der Waals surface area contributed by atoms with Gasteiger partial charge in [0.15, 0.2) is 5.82 Å². The zero-order valence-corrected chi connectivity index (χ0v) is 28.0. The van der Waals surface area contributed by atoms with Crippen molar-refractivity contribution in [1.82, 2.24) is 24.4 Å². The number of piperazine rings is 1. The summed E-state index contributed by atoms with van der Waals surface area (Å²) in [5.41, 5.74) is 5.86. The molecule has 9 nitrogen and oxygen atoms in total. The van der Waals surface area contributed by atoms with Gasteiger partial charge in [0.2, 0.25) is 5.91 Å². The zero-order valence-electron chi connectivity index (χ0n) is 26.5. The van der Waals surface area contributed by atoms with E-state index in [2.05, 4.69) is 31.7 Å². The number of aromatic nitrogens is 4. The number of hydrogen-bond donors (Lipinski definition) is 2. The average Bonchev–Trinajstić information content (AvgIpc) is 3.70. The third-order valence-corrected chi connectivity index (χ3v) is 9.38. The number of fused-ring (bicyclic) bond motifs is 1. The van der Waals surface area contributed by atoms with Crippen LogP contribution in [0.1, 0.15) is 35.9 Å². The lowest BCUT2D eigenvalue weighted by molar-refractivity contribution is -0.129. The Balaban J connectivity index is 1.35. The second kappa shape index (κ2) is 13.2. The van der Waals surface area contributed by atoms with Gasteiger partial charge in [0.1, 0.15) is 5.69 Å². The number of amides is 2. The maximum atomic E-state index is 14.5. The Morgan fingerprint density at radius 1 is 0.875 bits per heavy atom. The van der Waals surface area contributed by atoms with Crippen LogP contribution in [-0.2, 0) is 4.79 Å². The highest BCUT2D eigenvalue weighted by molar-refractivity contribution is 6.31. The number of imidazole rings is 1. The van der Waals surface area contributed by atoms with Crippen molar-refractivity contribution in [3.8, 4) is 22.5 Å². The molecular weight excluding hydrogens is 645 g/mol. The van der Waals surface area contributed by atoms with Gasteiger partial charge in [-0.25, -0.2) is 9.97 Å². The standard InChI is InChI=1S/C37H33Cl2N7O2/c1-23(25-10-12-27(38)13-11-25)46-22-41-33(26-7-4-3-5-8-26)35(46)32-29-15-14-28(39)21-31(29)42-34(32)37(48)43-30-9-6-16-40-36(30)45-19-17-44(18-20-45)24(2)47/h3-16,21-23,42H,17-20H2,1-2H3,(H,43,48). The first-order chi connectivity index (χ1) is 23.3. The Morgan fingerprint density at radius 3 is 2.33 bits per heavy atom. The first kappa shape index (κ1) is 31.5. The van der Waals surface area contributed by atoms with E-state index in [0.29, 0.717) is 59.0 Å². The number of carbonyl (C=O) groups excluding carboxylic acids is 2. The summed E-state index contributed by atoms with van der Waals surface area (Å²) in [5.74, 6) is 0.371. The van der Waals surface area contributed by atoms with Gasteiger partial charge in [-0.3, -0.25) is 9.59 Å². The molecular formula is C37H33Cl2N7O2. The number of H-pyrrole nitrogens is 1. The summed E-state index contributed by atoms with van der Waals surface area (Å²) in [6.45, 7) is 6.07. The molecule has 1 unspecified atom stereocenters. The molecule has 2 amide bonds. The van der Waals surface area contributed by atoms with Crippen LogP contribution in [-0.4, -0.2) is 62.4 Å². The normalized spacial score (nSPS) is 13.9. The van der Waals surface area contributed by atoms with Gasteiger partial charge < -0.3 is 24.7 Å². The van der Waals surface area contributed by atoms with E-state index in [9.17, 15) is 9.59 Å². The molecule has 3 aromatic carbocycles. The molecule has 242 valence electrons. The molecule has 1 saturated heterocycles. The van der Waals surface area contributed by atoms with Crippen molar-refractivity contribution >= 4 is 57.4 Å². The predicted molar refractivity (Wildman–Crippen MR) is 192 cm³/mol. The smallest absolute Gasteiger partial charge is 0.272 e. The zero-order chi connectivity index (χ0) is 33.4. The second-order valence-corrected chi connectivity index (χ2v) is 12.7. The summed E-state index contributed by atoms with van der Waals surface area (Å²) >= 11 is 12.7. The minimum atomic E-state index is -0.333. The molecule has 6 aromatic rings. The van der Waals surface area contributed by atoms with Crippen molar-refractivity contribution in [1.29, 1.82) is 0 Å². The molecule has 0 aliphatic carbocycles. The molecule has 1 atom stereocenters. The van der Waals surface area contributed by atoms with Crippen molar-refractivity contribution in [2.75, 3.05) is 36.4 Å². The molecule has 0 bridgehead atoms. The molecule has 7 rings (SSSR count). The quantitative estimate of drug-likeness (QED) is 0.179. The molecule has 0 saturated carbocycles. The van der Waals surface area contributed by atoms with E-state index in [1.165, 1.54) is 0 Å². The van der Waals surface area contributed by atoms with Gasteiger partial charge in [0.05, 0.1) is 29.4 Å². The van der Waals surface area contributed by atoms with Gasteiger partial charge in [0.25, 0.3) is 5.91 Å². The van der Waals surface area contributed by atoms with Crippen LogP contribution in [0.5, 0.6) is 0 Å². The Kier molecular flexibility index (Phi) is 8.64. The van der Waals surface area contributed by atoms with E-state index in [1.54, 1.807) is 19.2 Å². The molecule has 1 aliphatic heterocycles. The number of nitrogens with zero attached hydrogens (tertiary/aromatic N) is 5. The Morgan fingerprint density at radius 2 is 1.60 bits per heavy atom. The summed E-state index contributed by atoms with van der Waals surface area (Å²) in [5, 5.41) is 5.19. The molecule has 2 N–H and O–H groups in total. The van der Waals surface area contributed by atoms with E-state index in [4.69, 9.17) is 28.2 Å². The van der Waals surface area contributed by atoms with Gasteiger partial charge >= 0.3 is 0 Å². The Bertz CT molecular complexity index is 2120. The number of halogens is 2. The van der Waals surface area contributed by atoms with Gasteiger partial charge in [-0.2, -0.15) is 0 Å². The fraction of sp³-hybridized carbons (Fsp3) is 0.189. The fourth-order valence-corrected chi connectivity index (χ4v) is 6.66. The van der Waals surface area contributed by atoms with Gasteiger partial charge in [-0.05, 0) is 48.9 Å². The van der Waals surface area contributed by atoms with Gasteiger partial charge in [-0.1, -0.05) is 71.7 Å². The number of benzene rings is 3. The summed E-state index contributed by atoms with van der Waals surface area (Å²) < 4.78 is 2.10. The van der Waals surface area contributed by atoms with Crippen LogP contribution in [0.15, 0.2) is 97.5 Å². The number of hydrogen-bond acceptors (Lipinski definition) is 5. The molecule has 4 heterocycles. The van der Waals surface area contributed by atoms with Gasteiger partial charge in [-0.15, -0.1) is 0 Å². The highest BCUT2D eigenvalue weighted by Crippen LogP contribution is 2.41. The monoisotopic (exact) mass is 677 g/mol. The maximum Gasteiger partial charge on any atom is 0.272 e. The summed E-state index contributed by atoms with van der Waals surface area (Å²) in [7, 11) is 0. The van der Waals surface area contributed by atoms with Crippen LogP contribution in [0.2, 0.25) is 10.0 Å². The van der Waals surface area contributed by atoms with Crippen molar-refractivity contribution < 1.29 is 9.59 Å². The van der Waals surface area contributed by atoms with Crippen molar-refractivity contribution in [2.24, 2.45) is 0 Å². The van der Waals surface area contributed by atoms with Crippen LogP contribution in [0.25, 0.3) is 33.4 Å². The van der Waals surface area contributed by atoms with E-state index in [0.717, 1.165) is 33.4 Å². The number of nitrogens with one attached hydrogen (secondary N) is 2. The van der Waals surface area contributed by atoms with Crippen LogP contribution in [0.4, 0.5) is 11.5 Å². The highest BCUT2D eigenvalue weighted by Gasteiger charge is 2.29. The average molecular weight is 679 g/mol. The molecule has 0 radical (unpaired) electrons. The third kappa shape index (κ3) is 6.03. The van der Waals surface area contributed by atoms with Gasteiger partial charge in [0, 0.05) is 71.4 Å². The first-order valence-electron chi connectivity index (χ1n) is 15.7. The lowest BCUT2D eigenvalue weighted by Gasteiger charge is -2.35. The van der Waals surface area contributed by atoms with E-state index < -0.39 is 0 Å². The first-order valence-corrected chi connectivity index (χ1v) is 16.5. The van der Waals surface area contributed by atoms with Crippen LogP contribution >= 0.6 is 23.2 Å². The fourth-order valence-electron chi connectivity index (χ4n) is 6.36. The third-order valence-electron chi connectivity index (χ3n) is 8.89. The van der Waals surface area contributed by atoms with Crippen LogP contribution in [0.3, 0.4) is 0 Å². The number of carbonyl (C=O) groups is 2. The molecule has 1 aliphatic rings. The molecule has 3 aromatic heterocycles. The van der Waals surface area contributed by atoms with Crippen LogP contribution in [0, 0.1) is 0 Å². The number of rotatable bonds is 7. The van der Waals surface area contributed by atoms with E-state index >= 15 is 0 Å². The molecule has 0 spiro atoms. The highest BCUT2D eigenvalue weighted by atomic mass is 35.5. The number of anilines is 2.